The highest BCUT2D eigenvalue weighted by atomic mass is 16.4. The van der Waals surface area contributed by atoms with Crippen LogP contribution >= 0.6 is 0 Å². The van der Waals surface area contributed by atoms with Gasteiger partial charge in [0.25, 0.3) is 0 Å². The number of fused-ring (bicyclic) bond motifs is 7. The number of aliphatic carboxylic acids is 1. The number of allylic oxidation sites excluding steroid dienone is 1. The number of rotatable bonds is 2. The van der Waals surface area contributed by atoms with Gasteiger partial charge in [-0.1, -0.05) is 51.9 Å². The summed E-state index contributed by atoms with van der Waals surface area (Å²) < 4.78 is 0. The molecule has 0 unspecified atom stereocenters. The van der Waals surface area contributed by atoms with Crippen LogP contribution in [0.1, 0.15) is 106 Å². The maximum atomic E-state index is 12.8. The van der Waals surface area contributed by atoms with Crippen molar-refractivity contribution in [3.8, 4) is 0 Å². The molecule has 0 amide bonds. The maximum Gasteiger partial charge on any atom is 0.309 e. The Morgan fingerprint density at radius 2 is 1.62 bits per heavy atom. The number of oxime groups is 1. The van der Waals surface area contributed by atoms with Crippen LogP contribution in [0.25, 0.3) is 0 Å². The van der Waals surface area contributed by atoms with Crippen molar-refractivity contribution in [3.63, 3.8) is 0 Å². The van der Waals surface area contributed by atoms with Gasteiger partial charge in [0.1, 0.15) is 0 Å². The lowest BCUT2D eigenvalue weighted by Crippen LogP contribution is -2.66. The van der Waals surface area contributed by atoms with Gasteiger partial charge in [0.15, 0.2) is 0 Å². The summed E-state index contributed by atoms with van der Waals surface area (Å²) in [5.41, 5.74) is 2.20. The molecule has 5 aliphatic rings. The Hall–Kier alpha value is -1.32. The van der Waals surface area contributed by atoms with E-state index >= 15 is 0 Å². The highest BCUT2D eigenvalue weighted by Gasteiger charge is 2.71. The lowest BCUT2D eigenvalue weighted by atomic mass is 9.32. The Balaban J connectivity index is 1.56. The molecule has 2 N–H and O–H groups in total. The van der Waals surface area contributed by atoms with Gasteiger partial charge in [-0.25, -0.2) is 0 Å². The largest absolute Gasteiger partial charge is 0.481 e. The fourth-order valence-electron chi connectivity index (χ4n) is 11.5. The van der Waals surface area contributed by atoms with Gasteiger partial charge in [0, 0.05) is 5.41 Å². The lowest BCUT2D eigenvalue weighted by molar-refractivity contribution is -0.230. The van der Waals surface area contributed by atoms with E-state index in [2.05, 4.69) is 53.3 Å². The van der Waals surface area contributed by atoms with Crippen LogP contribution < -0.4 is 0 Å². The number of nitrogens with zero attached hydrogens (tertiary/aromatic N) is 1. The summed E-state index contributed by atoms with van der Waals surface area (Å²) in [4.78, 5) is 12.8. The van der Waals surface area contributed by atoms with Gasteiger partial charge in [0.2, 0.25) is 0 Å². The molecule has 0 aliphatic heterocycles. The van der Waals surface area contributed by atoms with Gasteiger partial charge in [-0.2, -0.15) is 0 Å². The second-order valence-corrected chi connectivity index (χ2v) is 14.4. The third-order valence-electron chi connectivity index (χ3n) is 13.4. The Kier molecular flexibility index (Phi) is 5.27. The molecule has 34 heavy (non-hydrogen) atoms. The first-order valence-electron chi connectivity index (χ1n) is 13.9. The van der Waals surface area contributed by atoms with Crippen LogP contribution in [0, 0.1) is 56.7 Å². The van der Waals surface area contributed by atoms with Crippen LogP contribution in [0.2, 0.25) is 0 Å². The number of carbonyl (C=O) groups is 1. The molecule has 9 atom stereocenters. The molecule has 0 saturated heterocycles. The van der Waals surface area contributed by atoms with Crippen molar-refractivity contribution in [1.82, 2.24) is 0 Å². The topological polar surface area (TPSA) is 69.9 Å². The van der Waals surface area contributed by atoms with Crippen molar-refractivity contribution in [2.75, 3.05) is 0 Å². The van der Waals surface area contributed by atoms with E-state index in [-0.39, 0.29) is 27.6 Å². The van der Waals surface area contributed by atoms with Crippen LogP contribution in [0.15, 0.2) is 17.3 Å². The summed E-state index contributed by atoms with van der Waals surface area (Å²) in [7, 11) is 0. The summed E-state index contributed by atoms with van der Waals surface area (Å²) >= 11 is 0. The van der Waals surface area contributed by atoms with Crippen molar-refractivity contribution >= 4 is 11.7 Å². The van der Waals surface area contributed by atoms with Gasteiger partial charge < -0.3 is 10.3 Å². The molecule has 5 saturated carbocycles. The van der Waals surface area contributed by atoms with Crippen LogP contribution in [-0.4, -0.2) is 22.0 Å². The second-order valence-electron chi connectivity index (χ2n) is 14.4. The van der Waals surface area contributed by atoms with Crippen LogP contribution in [0.5, 0.6) is 0 Å². The van der Waals surface area contributed by atoms with E-state index in [1.54, 1.807) is 0 Å². The highest BCUT2D eigenvalue weighted by Crippen LogP contribution is 2.77. The minimum Gasteiger partial charge on any atom is -0.481 e. The molecular weight excluding hydrogens is 422 g/mol. The monoisotopic (exact) mass is 469 g/mol. The molecule has 0 heterocycles. The zero-order chi connectivity index (χ0) is 24.9. The first-order valence-corrected chi connectivity index (χ1v) is 13.9. The van der Waals surface area contributed by atoms with Crippen LogP contribution in [0.4, 0.5) is 0 Å². The van der Waals surface area contributed by atoms with E-state index in [1.165, 1.54) is 24.8 Å². The number of hydrogen-bond donors (Lipinski definition) is 2. The lowest BCUT2D eigenvalue weighted by Gasteiger charge is -2.72. The van der Waals surface area contributed by atoms with Gasteiger partial charge in [-0.15, -0.1) is 0 Å². The SMILES string of the molecule is C=C(C)[C@@H]1CC[C@@]2(C(=O)O)CC[C@]3(C)[C@H](CC[C@H]4[C@@]5(C)CC/C(=N\O)C(C)(C)[C@@H]5CC[C@]43C)[C@@H]12. The maximum absolute atomic E-state index is 12.8. The molecule has 4 heteroatoms. The molecule has 0 spiro atoms. The first-order chi connectivity index (χ1) is 15.8. The zero-order valence-corrected chi connectivity index (χ0v) is 22.4. The molecule has 0 aromatic heterocycles. The van der Waals surface area contributed by atoms with Crippen molar-refractivity contribution in [2.45, 2.75) is 106 Å². The van der Waals surface area contributed by atoms with Crippen molar-refractivity contribution in [2.24, 2.45) is 61.8 Å². The van der Waals surface area contributed by atoms with E-state index in [1.807, 2.05) is 0 Å². The minimum absolute atomic E-state index is 0.0671. The number of carboxylic acid groups (broad SMARTS) is 1. The van der Waals surface area contributed by atoms with E-state index in [0.29, 0.717) is 23.7 Å². The predicted octanol–water partition coefficient (Wildman–Crippen LogP) is 7.56. The average molecular weight is 470 g/mol. The molecule has 0 bridgehead atoms. The van der Waals surface area contributed by atoms with Crippen LogP contribution in [0.3, 0.4) is 0 Å². The fraction of sp³-hybridized carbons (Fsp3) is 0.867. The molecule has 5 rings (SSSR count). The van der Waals surface area contributed by atoms with E-state index in [9.17, 15) is 15.1 Å². The van der Waals surface area contributed by atoms with Crippen molar-refractivity contribution < 1.29 is 15.1 Å². The van der Waals surface area contributed by atoms with E-state index in [4.69, 9.17) is 0 Å². The molecule has 4 nitrogen and oxygen atoms in total. The second kappa shape index (κ2) is 7.35. The van der Waals surface area contributed by atoms with E-state index < -0.39 is 11.4 Å². The minimum atomic E-state index is -0.545. The quantitative estimate of drug-likeness (QED) is 0.249. The predicted molar refractivity (Wildman–Crippen MR) is 136 cm³/mol. The van der Waals surface area contributed by atoms with Gasteiger partial charge >= 0.3 is 5.97 Å². The van der Waals surface area contributed by atoms with Crippen molar-refractivity contribution in [3.05, 3.63) is 12.2 Å². The molecule has 190 valence electrons. The van der Waals surface area contributed by atoms with Gasteiger partial charge in [-0.05, 0) is 117 Å². The summed E-state index contributed by atoms with van der Waals surface area (Å²) in [5, 5.41) is 24.0. The smallest absolute Gasteiger partial charge is 0.309 e. The molecule has 5 fully saturated rings. The highest BCUT2D eigenvalue weighted by molar-refractivity contribution is 5.90. The summed E-state index contributed by atoms with van der Waals surface area (Å²) in [6.07, 6.45) is 10.5. The normalized spacial score (nSPS) is 52.8. The number of carboxylic acids is 1. The van der Waals surface area contributed by atoms with Crippen molar-refractivity contribution in [1.29, 1.82) is 0 Å². The molecule has 0 radical (unpaired) electrons. The summed E-state index contributed by atoms with van der Waals surface area (Å²) in [6, 6.07) is 0. The Morgan fingerprint density at radius 1 is 0.912 bits per heavy atom. The van der Waals surface area contributed by atoms with Gasteiger partial charge in [0.05, 0.1) is 11.1 Å². The molecule has 0 aromatic rings. The third kappa shape index (κ3) is 2.72. The summed E-state index contributed by atoms with van der Waals surface area (Å²) in [5.74, 6) is 1.69. The fourth-order valence-corrected chi connectivity index (χ4v) is 11.5. The molecular formula is C30H47NO3. The van der Waals surface area contributed by atoms with Gasteiger partial charge in [-0.3, -0.25) is 4.79 Å². The van der Waals surface area contributed by atoms with E-state index in [0.717, 1.165) is 50.7 Å². The number of hydrogen-bond acceptors (Lipinski definition) is 3. The third-order valence-corrected chi connectivity index (χ3v) is 13.4. The molecule has 0 aromatic carbocycles. The summed E-state index contributed by atoms with van der Waals surface area (Å²) in [6.45, 7) is 18.8. The Bertz CT molecular complexity index is 937. The molecule has 5 aliphatic carbocycles. The average Bonchev–Trinajstić information content (AvgIpc) is 3.15. The standard InChI is InChI=1S/C30H47NO3/c1-18(2)19-10-15-30(25(32)33)17-16-28(6)20(24(19)30)8-9-22-27(5)13-12-23(31-34)26(3,4)21(27)11-14-29(22,28)7/h19-22,24,34H,1,8-17H2,2-7H3,(H,32,33)/b31-23+/t19-,20+,21-,22-,24+,27-,28+,29+,30+/m0/s1. The Labute approximate surface area is 206 Å². The Morgan fingerprint density at radius 3 is 2.24 bits per heavy atom. The zero-order valence-electron chi connectivity index (χ0n) is 22.4. The first kappa shape index (κ1) is 24.4. The van der Waals surface area contributed by atoms with Crippen LogP contribution in [-0.2, 0) is 4.79 Å².